The van der Waals surface area contributed by atoms with Crippen molar-refractivity contribution in [3.8, 4) is 0 Å². The van der Waals surface area contributed by atoms with Crippen LogP contribution in [0.1, 0.15) is 16.1 Å². The number of fused-ring (bicyclic) bond motifs is 1. The minimum absolute atomic E-state index is 0.165. The number of rotatable bonds is 6. The highest BCUT2D eigenvalue weighted by atomic mass is 19.1. The Labute approximate surface area is 149 Å². The molecule has 0 fully saturated rings. The second-order valence-corrected chi connectivity index (χ2v) is 5.82. The Kier molecular flexibility index (Phi) is 5.28. The molecule has 6 nitrogen and oxygen atoms in total. The van der Waals surface area contributed by atoms with Crippen molar-refractivity contribution in [3.63, 3.8) is 0 Å². The zero-order chi connectivity index (χ0) is 18.5. The summed E-state index contributed by atoms with van der Waals surface area (Å²) < 4.78 is 12.9. The van der Waals surface area contributed by atoms with E-state index in [1.807, 2.05) is 24.3 Å². The highest BCUT2D eigenvalue weighted by molar-refractivity contribution is 6.00. The van der Waals surface area contributed by atoms with Crippen LogP contribution >= 0.6 is 0 Å². The fraction of sp³-hybridized carbons (Fsp3) is 0.158. The number of aromatic nitrogens is 1. The lowest BCUT2D eigenvalue weighted by Gasteiger charge is -2.15. The van der Waals surface area contributed by atoms with Gasteiger partial charge in [0.15, 0.2) is 0 Å². The molecule has 1 atom stereocenters. The molecule has 0 aliphatic rings. The van der Waals surface area contributed by atoms with Crippen molar-refractivity contribution in [3.05, 3.63) is 71.7 Å². The van der Waals surface area contributed by atoms with E-state index in [0.29, 0.717) is 11.3 Å². The number of halogens is 1. The van der Waals surface area contributed by atoms with Crippen LogP contribution in [-0.4, -0.2) is 34.6 Å². The lowest BCUT2D eigenvalue weighted by molar-refractivity contribution is -0.124. The Hall–Kier alpha value is -3.19. The van der Waals surface area contributed by atoms with E-state index in [1.165, 1.54) is 12.1 Å². The number of hydrogen-bond acceptors (Lipinski definition) is 3. The van der Waals surface area contributed by atoms with E-state index in [1.54, 1.807) is 18.2 Å². The van der Waals surface area contributed by atoms with E-state index < -0.39 is 24.5 Å². The number of carbonyl (C=O) groups excluding carboxylic acids is 2. The molecule has 3 rings (SSSR count). The molecule has 26 heavy (non-hydrogen) atoms. The Bertz CT molecular complexity index is 888. The molecule has 0 saturated carbocycles. The number of aliphatic hydroxyl groups excluding tert-OH is 1. The molecule has 0 aliphatic heterocycles. The molecule has 0 bridgehead atoms. The van der Waals surface area contributed by atoms with Gasteiger partial charge in [-0.2, -0.15) is 0 Å². The van der Waals surface area contributed by atoms with Crippen LogP contribution in [0.5, 0.6) is 0 Å². The van der Waals surface area contributed by atoms with E-state index in [0.717, 1.165) is 10.9 Å². The molecule has 4 N–H and O–H groups in total. The number of benzene rings is 2. The normalized spacial score (nSPS) is 11.9. The maximum Gasteiger partial charge on any atom is 0.268 e. The van der Waals surface area contributed by atoms with Crippen molar-refractivity contribution >= 4 is 22.7 Å². The second kappa shape index (κ2) is 7.79. The van der Waals surface area contributed by atoms with Gasteiger partial charge in [-0.25, -0.2) is 4.39 Å². The topological polar surface area (TPSA) is 94.2 Å². The van der Waals surface area contributed by atoms with Crippen molar-refractivity contribution < 1.29 is 19.1 Å². The average Bonchev–Trinajstić information content (AvgIpc) is 3.09. The summed E-state index contributed by atoms with van der Waals surface area (Å²) in [6.07, 6.45) is 0. The first kappa shape index (κ1) is 17.6. The van der Waals surface area contributed by atoms with Gasteiger partial charge in [0.2, 0.25) is 5.91 Å². The van der Waals surface area contributed by atoms with Gasteiger partial charge < -0.3 is 20.7 Å². The van der Waals surface area contributed by atoms with E-state index in [4.69, 9.17) is 0 Å². The summed E-state index contributed by atoms with van der Waals surface area (Å²) in [5.74, 6) is -1.38. The van der Waals surface area contributed by atoms with Crippen LogP contribution in [0.25, 0.3) is 10.9 Å². The van der Waals surface area contributed by atoms with Crippen LogP contribution < -0.4 is 10.6 Å². The number of carbonyl (C=O) groups is 2. The lowest BCUT2D eigenvalue weighted by Crippen LogP contribution is -2.48. The van der Waals surface area contributed by atoms with Crippen LogP contribution in [0, 0.1) is 5.82 Å². The van der Waals surface area contributed by atoms with Crippen molar-refractivity contribution in [1.29, 1.82) is 0 Å². The van der Waals surface area contributed by atoms with Gasteiger partial charge in [0.05, 0.1) is 6.61 Å². The molecular weight excluding hydrogens is 337 g/mol. The highest BCUT2D eigenvalue weighted by Crippen LogP contribution is 2.14. The van der Waals surface area contributed by atoms with Crippen molar-refractivity contribution in [2.75, 3.05) is 6.61 Å². The molecule has 0 radical (unpaired) electrons. The maximum atomic E-state index is 12.9. The summed E-state index contributed by atoms with van der Waals surface area (Å²) in [6, 6.07) is 13.7. The Balaban J connectivity index is 1.61. The third-order valence-electron chi connectivity index (χ3n) is 3.96. The Morgan fingerprint density at radius 2 is 1.85 bits per heavy atom. The van der Waals surface area contributed by atoms with Crippen LogP contribution in [-0.2, 0) is 11.3 Å². The molecule has 0 spiro atoms. The molecule has 3 aromatic rings. The molecule has 2 aromatic carbocycles. The largest absolute Gasteiger partial charge is 0.394 e. The molecule has 0 saturated heterocycles. The number of aliphatic hydroxyl groups is 1. The van der Waals surface area contributed by atoms with Gasteiger partial charge in [-0.05, 0) is 29.8 Å². The number of amides is 2. The third-order valence-corrected chi connectivity index (χ3v) is 3.96. The summed E-state index contributed by atoms with van der Waals surface area (Å²) in [5.41, 5.74) is 1.81. The molecule has 0 aliphatic carbocycles. The highest BCUT2D eigenvalue weighted by Gasteiger charge is 2.21. The number of para-hydroxylation sites is 1. The summed E-state index contributed by atoms with van der Waals surface area (Å²) in [5, 5.41) is 15.4. The van der Waals surface area contributed by atoms with Crippen molar-refractivity contribution in [1.82, 2.24) is 15.6 Å². The predicted molar refractivity (Wildman–Crippen MR) is 94.9 cm³/mol. The average molecular weight is 355 g/mol. The smallest absolute Gasteiger partial charge is 0.268 e. The van der Waals surface area contributed by atoms with Crippen LogP contribution in [0.3, 0.4) is 0 Å². The van der Waals surface area contributed by atoms with Crippen LogP contribution in [0.15, 0.2) is 54.6 Å². The van der Waals surface area contributed by atoms with Crippen LogP contribution in [0.4, 0.5) is 4.39 Å². The molecular formula is C19H18FN3O3. The minimum Gasteiger partial charge on any atom is -0.394 e. The summed E-state index contributed by atoms with van der Waals surface area (Å²) in [4.78, 5) is 27.5. The van der Waals surface area contributed by atoms with Gasteiger partial charge in [0.25, 0.3) is 5.91 Å². The molecule has 1 unspecified atom stereocenters. The monoisotopic (exact) mass is 355 g/mol. The number of aromatic amines is 1. The Morgan fingerprint density at radius 1 is 1.12 bits per heavy atom. The van der Waals surface area contributed by atoms with Crippen LogP contribution in [0.2, 0.25) is 0 Å². The number of hydrogen-bond donors (Lipinski definition) is 4. The number of nitrogens with one attached hydrogen (secondary N) is 3. The third kappa shape index (κ3) is 4.07. The van der Waals surface area contributed by atoms with Gasteiger partial charge in [0.1, 0.15) is 17.6 Å². The van der Waals surface area contributed by atoms with Gasteiger partial charge in [0, 0.05) is 17.4 Å². The Morgan fingerprint density at radius 3 is 2.54 bits per heavy atom. The molecule has 134 valence electrons. The zero-order valence-corrected chi connectivity index (χ0v) is 13.8. The first-order valence-corrected chi connectivity index (χ1v) is 8.08. The fourth-order valence-corrected chi connectivity index (χ4v) is 2.54. The summed E-state index contributed by atoms with van der Waals surface area (Å²) >= 11 is 0. The van der Waals surface area contributed by atoms with Gasteiger partial charge in [-0.3, -0.25) is 9.59 Å². The SMILES string of the molecule is O=C(NC(CO)C(=O)NCc1ccc(F)cc1)c1cc2ccccc2[nH]1. The van der Waals surface area contributed by atoms with Gasteiger partial charge in [-0.1, -0.05) is 30.3 Å². The van der Waals surface area contributed by atoms with Gasteiger partial charge in [-0.15, -0.1) is 0 Å². The van der Waals surface area contributed by atoms with Crippen molar-refractivity contribution in [2.45, 2.75) is 12.6 Å². The quantitative estimate of drug-likeness (QED) is 0.542. The molecule has 2 amide bonds. The lowest BCUT2D eigenvalue weighted by atomic mass is 10.2. The summed E-state index contributed by atoms with van der Waals surface area (Å²) in [6.45, 7) is -0.376. The molecule has 1 heterocycles. The number of H-pyrrole nitrogens is 1. The van der Waals surface area contributed by atoms with E-state index in [2.05, 4.69) is 15.6 Å². The van der Waals surface area contributed by atoms with Gasteiger partial charge >= 0.3 is 0 Å². The van der Waals surface area contributed by atoms with E-state index >= 15 is 0 Å². The maximum absolute atomic E-state index is 12.9. The second-order valence-electron chi connectivity index (χ2n) is 5.82. The standard InChI is InChI=1S/C19H18FN3O3/c20-14-7-5-12(6-8-14)10-21-18(25)17(11-24)23-19(26)16-9-13-3-1-2-4-15(13)22-16/h1-9,17,22,24H,10-11H2,(H,21,25)(H,23,26). The zero-order valence-electron chi connectivity index (χ0n) is 13.8. The van der Waals surface area contributed by atoms with Crippen molar-refractivity contribution in [2.24, 2.45) is 0 Å². The van der Waals surface area contributed by atoms with E-state index in [9.17, 15) is 19.1 Å². The van der Waals surface area contributed by atoms with E-state index in [-0.39, 0.29) is 12.4 Å². The first-order valence-electron chi connectivity index (χ1n) is 8.08. The molecule has 1 aromatic heterocycles. The fourth-order valence-electron chi connectivity index (χ4n) is 2.54. The summed E-state index contributed by atoms with van der Waals surface area (Å²) in [7, 11) is 0. The predicted octanol–water partition coefficient (Wildman–Crippen LogP) is 1.71. The minimum atomic E-state index is -1.09. The molecule has 7 heteroatoms. The first-order chi connectivity index (χ1) is 12.6.